The summed E-state index contributed by atoms with van der Waals surface area (Å²) in [6.45, 7) is 3.51. The number of hydrogen-bond acceptors (Lipinski definition) is 9. The van der Waals surface area contributed by atoms with Crippen molar-refractivity contribution in [3.05, 3.63) is 99.5 Å². The molecule has 1 heterocycles. The quantitative estimate of drug-likeness (QED) is 0.0936. The van der Waals surface area contributed by atoms with E-state index in [1.54, 1.807) is 68.4 Å². The van der Waals surface area contributed by atoms with Gasteiger partial charge in [0, 0.05) is 21.8 Å². The van der Waals surface area contributed by atoms with E-state index < -0.39 is 24.3 Å². The van der Waals surface area contributed by atoms with Crippen LogP contribution in [0, 0.1) is 5.82 Å². The zero-order valence-corrected chi connectivity index (χ0v) is 25.0. The number of carbonyl (C=O) groups is 2. The van der Waals surface area contributed by atoms with E-state index in [4.69, 9.17) is 30.5 Å². The van der Waals surface area contributed by atoms with Gasteiger partial charge in [0.2, 0.25) is 0 Å². The van der Waals surface area contributed by atoms with Crippen molar-refractivity contribution in [2.45, 2.75) is 32.7 Å². The SMILES string of the molecule is CCOc1cc([C@H]2NC(=O)NC(C)=C2C(=O)OC)ccc1OC[C@@H](O)N/N=C/c1cc(Cl)ccc1OCc1ccccc1F. The molecule has 0 unspecified atom stereocenters. The summed E-state index contributed by atoms with van der Waals surface area (Å²) >= 11 is 6.14. The van der Waals surface area contributed by atoms with E-state index in [0.717, 1.165) is 0 Å². The highest BCUT2D eigenvalue weighted by molar-refractivity contribution is 6.30. The van der Waals surface area contributed by atoms with E-state index in [1.807, 2.05) is 0 Å². The van der Waals surface area contributed by atoms with Gasteiger partial charge in [-0.25, -0.2) is 14.0 Å². The second-order valence-electron chi connectivity index (χ2n) is 9.48. The molecule has 13 heteroatoms. The first kappa shape index (κ1) is 32.1. The average Bonchev–Trinajstić information content (AvgIpc) is 3.00. The Hall–Kier alpha value is -4.81. The van der Waals surface area contributed by atoms with Gasteiger partial charge >= 0.3 is 12.0 Å². The number of aliphatic hydroxyl groups excluding tert-OH is 1. The van der Waals surface area contributed by atoms with Crippen molar-refractivity contribution in [1.29, 1.82) is 0 Å². The molecule has 0 spiro atoms. The smallest absolute Gasteiger partial charge is 0.337 e. The van der Waals surface area contributed by atoms with Gasteiger partial charge in [0.15, 0.2) is 17.7 Å². The first-order chi connectivity index (χ1) is 21.2. The summed E-state index contributed by atoms with van der Waals surface area (Å²) in [5, 5.41) is 20.3. The van der Waals surface area contributed by atoms with Crippen molar-refractivity contribution in [3.8, 4) is 17.2 Å². The fraction of sp³-hybridized carbons (Fsp3) is 0.258. The van der Waals surface area contributed by atoms with Crippen LogP contribution in [0.15, 0.2) is 77.0 Å². The Morgan fingerprint density at radius 2 is 1.89 bits per heavy atom. The Labute approximate surface area is 258 Å². The molecule has 3 aromatic carbocycles. The van der Waals surface area contributed by atoms with Crippen LogP contribution in [0.1, 0.15) is 36.6 Å². The first-order valence-electron chi connectivity index (χ1n) is 13.6. The number of ether oxygens (including phenoxy) is 4. The Bertz CT molecular complexity index is 1570. The molecule has 0 saturated heterocycles. The Kier molecular flexibility index (Phi) is 11.0. The van der Waals surface area contributed by atoms with Gasteiger partial charge in [-0.15, -0.1) is 0 Å². The number of nitrogens with zero attached hydrogens (tertiary/aromatic N) is 1. The lowest BCUT2D eigenvalue weighted by Crippen LogP contribution is -2.45. The zero-order chi connectivity index (χ0) is 31.6. The van der Waals surface area contributed by atoms with Crippen LogP contribution in [0.3, 0.4) is 0 Å². The summed E-state index contributed by atoms with van der Waals surface area (Å²) in [4.78, 5) is 24.6. The summed E-state index contributed by atoms with van der Waals surface area (Å²) in [5.74, 6) is 0.112. The maximum Gasteiger partial charge on any atom is 0.337 e. The number of amides is 2. The Morgan fingerprint density at radius 1 is 1.11 bits per heavy atom. The molecule has 4 N–H and O–H groups in total. The van der Waals surface area contributed by atoms with E-state index in [2.05, 4.69) is 21.2 Å². The fourth-order valence-corrected chi connectivity index (χ4v) is 4.52. The minimum atomic E-state index is -1.22. The van der Waals surface area contributed by atoms with E-state index in [1.165, 1.54) is 19.4 Å². The van der Waals surface area contributed by atoms with E-state index in [9.17, 15) is 19.1 Å². The van der Waals surface area contributed by atoms with Gasteiger partial charge in [0.1, 0.15) is 24.8 Å². The molecule has 2 amide bonds. The first-order valence-corrected chi connectivity index (χ1v) is 14.0. The van der Waals surface area contributed by atoms with Crippen LogP contribution in [0.5, 0.6) is 17.2 Å². The van der Waals surface area contributed by atoms with Gasteiger partial charge in [0.05, 0.1) is 31.5 Å². The highest BCUT2D eigenvalue weighted by Gasteiger charge is 2.32. The van der Waals surface area contributed by atoms with Crippen LogP contribution in [0.2, 0.25) is 5.02 Å². The number of esters is 1. The molecule has 4 rings (SSSR count). The predicted molar refractivity (Wildman–Crippen MR) is 161 cm³/mol. The number of halogens is 2. The van der Waals surface area contributed by atoms with Gasteiger partial charge in [-0.2, -0.15) is 5.10 Å². The summed E-state index contributed by atoms with van der Waals surface area (Å²) < 4.78 is 36.2. The van der Waals surface area contributed by atoms with Gasteiger partial charge in [-0.3, -0.25) is 5.43 Å². The number of aliphatic hydroxyl groups is 1. The number of rotatable bonds is 13. The van der Waals surface area contributed by atoms with Gasteiger partial charge < -0.3 is 34.7 Å². The second-order valence-corrected chi connectivity index (χ2v) is 9.91. The molecule has 0 fully saturated rings. The Morgan fingerprint density at radius 3 is 2.64 bits per heavy atom. The minimum absolute atomic E-state index is 0.00386. The van der Waals surface area contributed by atoms with Crippen molar-refractivity contribution in [2.24, 2.45) is 5.10 Å². The van der Waals surface area contributed by atoms with E-state index in [0.29, 0.717) is 51.3 Å². The molecule has 232 valence electrons. The van der Waals surface area contributed by atoms with Crippen LogP contribution >= 0.6 is 11.6 Å². The van der Waals surface area contributed by atoms with Gasteiger partial charge in [-0.05, 0) is 55.8 Å². The number of benzene rings is 3. The third kappa shape index (κ3) is 8.17. The lowest BCUT2D eigenvalue weighted by molar-refractivity contribution is -0.136. The molecule has 2 atom stereocenters. The van der Waals surface area contributed by atoms with Crippen LogP contribution < -0.4 is 30.3 Å². The number of nitrogens with one attached hydrogen (secondary N) is 3. The van der Waals surface area contributed by atoms with Crippen molar-refractivity contribution in [2.75, 3.05) is 20.3 Å². The molecule has 0 radical (unpaired) electrons. The fourth-order valence-electron chi connectivity index (χ4n) is 4.34. The number of carbonyl (C=O) groups excluding carboxylic acids is 2. The highest BCUT2D eigenvalue weighted by atomic mass is 35.5. The second kappa shape index (κ2) is 15.1. The number of methoxy groups -OCH3 is 1. The molecule has 0 aromatic heterocycles. The number of urea groups is 1. The molecular weight excluding hydrogens is 595 g/mol. The minimum Gasteiger partial charge on any atom is -0.490 e. The summed E-state index contributed by atoms with van der Waals surface area (Å²) in [5.41, 5.74) is 4.66. The molecule has 0 bridgehead atoms. The predicted octanol–water partition coefficient (Wildman–Crippen LogP) is 4.58. The molecule has 44 heavy (non-hydrogen) atoms. The average molecular weight is 627 g/mol. The lowest BCUT2D eigenvalue weighted by atomic mass is 9.95. The van der Waals surface area contributed by atoms with Crippen molar-refractivity contribution >= 4 is 29.8 Å². The topological polar surface area (TPSA) is 140 Å². The number of allylic oxidation sites excluding steroid dienone is 1. The maximum atomic E-state index is 14.0. The number of hydrazone groups is 1. The molecule has 0 aliphatic carbocycles. The molecule has 11 nitrogen and oxygen atoms in total. The van der Waals surface area contributed by atoms with Gasteiger partial charge in [-0.1, -0.05) is 35.9 Å². The zero-order valence-electron chi connectivity index (χ0n) is 24.2. The molecule has 1 aliphatic rings. The lowest BCUT2D eigenvalue weighted by Gasteiger charge is -2.28. The summed E-state index contributed by atoms with van der Waals surface area (Å²) in [6, 6.07) is 14.9. The van der Waals surface area contributed by atoms with Crippen molar-refractivity contribution < 1.29 is 38.0 Å². The van der Waals surface area contributed by atoms with E-state index >= 15 is 0 Å². The monoisotopic (exact) mass is 626 g/mol. The number of hydrogen-bond donors (Lipinski definition) is 4. The largest absolute Gasteiger partial charge is 0.490 e. The standard InChI is InChI=1S/C31H32ClFN4O7/c1-4-42-26-14-19(29-28(30(39)41-3)18(2)35-31(40)36-29)9-11-25(26)44-17-27(38)37-34-15-21-13-22(32)10-12-24(21)43-16-20-7-5-6-8-23(20)33/h5-15,27,29,37-38H,4,16-17H2,1-3H3,(H2,35,36,40)/b34-15+/t27-,29-/m1/s1. The van der Waals surface area contributed by atoms with Crippen LogP contribution in [0.4, 0.5) is 9.18 Å². The summed E-state index contributed by atoms with van der Waals surface area (Å²) in [7, 11) is 1.26. The molecule has 1 aliphatic heterocycles. The summed E-state index contributed by atoms with van der Waals surface area (Å²) in [6.07, 6.45) is 0.191. The molecule has 3 aromatic rings. The molecule has 0 saturated carbocycles. The van der Waals surface area contributed by atoms with Crippen LogP contribution in [-0.4, -0.2) is 49.9 Å². The van der Waals surface area contributed by atoms with Crippen molar-refractivity contribution in [1.82, 2.24) is 16.1 Å². The molecular formula is C31H32ClFN4O7. The van der Waals surface area contributed by atoms with Gasteiger partial charge in [0.25, 0.3) is 0 Å². The van der Waals surface area contributed by atoms with E-state index in [-0.39, 0.29) is 24.6 Å². The Balaban J connectivity index is 1.41. The van der Waals surface area contributed by atoms with Crippen molar-refractivity contribution in [3.63, 3.8) is 0 Å². The third-order valence-electron chi connectivity index (χ3n) is 6.41. The van der Waals surface area contributed by atoms with Crippen LogP contribution in [-0.2, 0) is 16.1 Å². The third-order valence-corrected chi connectivity index (χ3v) is 6.65. The van der Waals surface area contributed by atoms with Crippen LogP contribution in [0.25, 0.3) is 0 Å². The maximum absolute atomic E-state index is 14.0. The highest BCUT2D eigenvalue weighted by Crippen LogP contribution is 2.35. The normalized spacial score (nSPS) is 15.3.